The van der Waals surface area contributed by atoms with E-state index in [1.165, 1.54) is 38.1 Å². The Bertz CT molecular complexity index is 391. The molecule has 0 aromatic heterocycles. The predicted molar refractivity (Wildman–Crippen MR) is 76.2 cm³/mol. The standard InChI is InChI=1S/C14H20BrFN2/c1-11(13-5-4-12(16)10-14(13)15)17-6-9-18-7-2-3-8-18/h4-5,10-11,17H,2-3,6-9H2,1H3. The third-order valence-electron chi connectivity index (χ3n) is 3.51. The molecule has 0 spiro atoms. The quantitative estimate of drug-likeness (QED) is 0.896. The molecule has 2 nitrogen and oxygen atoms in total. The van der Waals surface area contributed by atoms with Crippen LogP contribution in [-0.4, -0.2) is 31.1 Å². The van der Waals surface area contributed by atoms with Crippen LogP contribution in [0.2, 0.25) is 0 Å². The van der Waals surface area contributed by atoms with Crippen molar-refractivity contribution in [1.82, 2.24) is 10.2 Å². The van der Waals surface area contributed by atoms with Gasteiger partial charge in [0.1, 0.15) is 5.82 Å². The lowest BCUT2D eigenvalue weighted by molar-refractivity contribution is 0.329. The van der Waals surface area contributed by atoms with Crippen molar-refractivity contribution in [2.45, 2.75) is 25.8 Å². The fraction of sp³-hybridized carbons (Fsp3) is 0.571. The van der Waals surface area contributed by atoms with Crippen molar-refractivity contribution in [3.8, 4) is 0 Å². The molecule has 1 aromatic carbocycles. The number of benzene rings is 1. The molecule has 0 bridgehead atoms. The van der Waals surface area contributed by atoms with Crippen molar-refractivity contribution in [2.24, 2.45) is 0 Å². The van der Waals surface area contributed by atoms with E-state index < -0.39 is 0 Å². The van der Waals surface area contributed by atoms with Crippen LogP contribution in [0, 0.1) is 5.82 Å². The molecule has 100 valence electrons. The third kappa shape index (κ3) is 3.77. The minimum Gasteiger partial charge on any atom is -0.309 e. The monoisotopic (exact) mass is 314 g/mol. The van der Waals surface area contributed by atoms with E-state index in [0.717, 1.165) is 23.1 Å². The van der Waals surface area contributed by atoms with E-state index in [0.29, 0.717) is 0 Å². The first-order chi connectivity index (χ1) is 8.66. The average molecular weight is 315 g/mol. The maximum atomic E-state index is 13.0. The lowest BCUT2D eigenvalue weighted by Crippen LogP contribution is -2.31. The zero-order valence-electron chi connectivity index (χ0n) is 10.8. The molecule has 1 N–H and O–H groups in total. The lowest BCUT2D eigenvalue weighted by Gasteiger charge is -2.19. The summed E-state index contributed by atoms with van der Waals surface area (Å²) in [7, 11) is 0. The summed E-state index contributed by atoms with van der Waals surface area (Å²) in [4.78, 5) is 2.49. The van der Waals surface area contributed by atoms with Crippen molar-refractivity contribution < 1.29 is 4.39 Å². The zero-order valence-corrected chi connectivity index (χ0v) is 12.3. The summed E-state index contributed by atoms with van der Waals surface area (Å²) >= 11 is 3.42. The van der Waals surface area contributed by atoms with Gasteiger partial charge in [-0.15, -0.1) is 0 Å². The van der Waals surface area contributed by atoms with Gasteiger partial charge in [0.05, 0.1) is 0 Å². The summed E-state index contributed by atoms with van der Waals surface area (Å²) in [5.74, 6) is -0.199. The van der Waals surface area contributed by atoms with Crippen LogP contribution in [0.4, 0.5) is 4.39 Å². The van der Waals surface area contributed by atoms with Gasteiger partial charge < -0.3 is 10.2 Å². The Kier molecular flexibility index (Phi) is 5.15. The molecule has 1 atom stereocenters. The van der Waals surface area contributed by atoms with Gasteiger partial charge in [-0.05, 0) is 50.6 Å². The maximum absolute atomic E-state index is 13.0. The molecule has 0 saturated carbocycles. The average Bonchev–Trinajstić information content (AvgIpc) is 2.81. The molecule has 1 heterocycles. The summed E-state index contributed by atoms with van der Waals surface area (Å²) in [5, 5.41) is 3.49. The SMILES string of the molecule is CC(NCCN1CCCC1)c1ccc(F)cc1Br. The Labute approximate surface area is 117 Å². The van der Waals surface area contributed by atoms with Gasteiger partial charge in [-0.3, -0.25) is 0 Å². The van der Waals surface area contributed by atoms with E-state index in [-0.39, 0.29) is 11.9 Å². The molecule has 0 aliphatic carbocycles. The van der Waals surface area contributed by atoms with Gasteiger partial charge in [-0.1, -0.05) is 22.0 Å². The fourth-order valence-corrected chi connectivity index (χ4v) is 3.10. The Morgan fingerprint density at radius 2 is 2.11 bits per heavy atom. The lowest BCUT2D eigenvalue weighted by atomic mass is 10.1. The van der Waals surface area contributed by atoms with Gasteiger partial charge in [0.2, 0.25) is 0 Å². The van der Waals surface area contributed by atoms with Crippen molar-refractivity contribution in [3.63, 3.8) is 0 Å². The number of nitrogens with one attached hydrogen (secondary N) is 1. The normalized spacial score (nSPS) is 18.2. The minimum absolute atomic E-state index is 0.199. The molecule has 1 fully saturated rings. The molecule has 1 saturated heterocycles. The van der Waals surface area contributed by atoms with Crippen LogP contribution >= 0.6 is 15.9 Å². The highest BCUT2D eigenvalue weighted by atomic mass is 79.9. The molecule has 0 radical (unpaired) electrons. The van der Waals surface area contributed by atoms with E-state index >= 15 is 0 Å². The Morgan fingerprint density at radius 3 is 2.78 bits per heavy atom. The molecular weight excluding hydrogens is 295 g/mol. The highest BCUT2D eigenvalue weighted by molar-refractivity contribution is 9.10. The van der Waals surface area contributed by atoms with Crippen molar-refractivity contribution in [2.75, 3.05) is 26.2 Å². The topological polar surface area (TPSA) is 15.3 Å². The highest BCUT2D eigenvalue weighted by Crippen LogP contribution is 2.24. The zero-order chi connectivity index (χ0) is 13.0. The molecule has 1 aliphatic rings. The third-order valence-corrected chi connectivity index (χ3v) is 4.19. The van der Waals surface area contributed by atoms with Gasteiger partial charge in [0.15, 0.2) is 0 Å². The second-order valence-corrected chi connectivity index (χ2v) is 5.74. The largest absolute Gasteiger partial charge is 0.309 e. The molecule has 1 aromatic rings. The van der Waals surface area contributed by atoms with Gasteiger partial charge in [0.25, 0.3) is 0 Å². The number of hydrogen-bond donors (Lipinski definition) is 1. The van der Waals surface area contributed by atoms with Crippen LogP contribution in [0.5, 0.6) is 0 Å². The Balaban J connectivity index is 1.81. The van der Waals surface area contributed by atoms with Crippen molar-refractivity contribution in [1.29, 1.82) is 0 Å². The molecule has 4 heteroatoms. The Morgan fingerprint density at radius 1 is 1.39 bits per heavy atom. The molecule has 2 rings (SSSR count). The van der Waals surface area contributed by atoms with Gasteiger partial charge >= 0.3 is 0 Å². The molecule has 1 unspecified atom stereocenters. The molecule has 18 heavy (non-hydrogen) atoms. The highest BCUT2D eigenvalue weighted by Gasteiger charge is 2.13. The smallest absolute Gasteiger partial charge is 0.124 e. The van der Waals surface area contributed by atoms with Gasteiger partial charge in [-0.25, -0.2) is 4.39 Å². The number of hydrogen-bond acceptors (Lipinski definition) is 2. The number of rotatable bonds is 5. The Hall–Kier alpha value is -0.450. The summed E-state index contributed by atoms with van der Waals surface area (Å²) in [6.45, 7) is 6.66. The number of likely N-dealkylation sites (tertiary alicyclic amines) is 1. The second kappa shape index (κ2) is 6.64. The summed E-state index contributed by atoms with van der Waals surface area (Å²) < 4.78 is 13.8. The molecule has 0 amide bonds. The van der Waals surface area contributed by atoms with E-state index in [4.69, 9.17) is 0 Å². The van der Waals surface area contributed by atoms with Crippen LogP contribution in [-0.2, 0) is 0 Å². The first-order valence-electron chi connectivity index (χ1n) is 6.57. The van der Waals surface area contributed by atoms with Gasteiger partial charge in [0, 0.05) is 23.6 Å². The number of nitrogens with zero attached hydrogens (tertiary/aromatic N) is 1. The van der Waals surface area contributed by atoms with Gasteiger partial charge in [-0.2, -0.15) is 0 Å². The summed E-state index contributed by atoms with van der Waals surface area (Å²) in [6.07, 6.45) is 2.66. The van der Waals surface area contributed by atoms with Crippen LogP contribution in [0.25, 0.3) is 0 Å². The van der Waals surface area contributed by atoms with E-state index in [1.54, 1.807) is 0 Å². The minimum atomic E-state index is -0.199. The van der Waals surface area contributed by atoms with E-state index in [9.17, 15) is 4.39 Å². The second-order valence-electron chi connectivity index (χ2n) is 4.89. The first-order valence-corrected chi connectivity index (χ1v) is 7.37. The van der Waals surface area contributed by atoms with Crippen LogP contribution in [0.1, 0.15) is 31.4 Å². The van der Waals surface area contributed by atoms with Crippen LogP contribution in [0.15, 0.2) is 22.7 Å². The summed E-state index contributed by atoms with van der Waals surface area (Å²) in [6, 6.07) is 5.11. The van der Waals surface area contributed by atoms with E-state index in [2.05, 4.69) is 33.1 Å². The number of halogens is 2. The summed E-state index contributed by atoms with van der Waals surface area (Å²) in [5.41, 5.74) is 1.11. The van der Waals surface area contributed by atoms with Crippen LogP contribution < -0.4 is 5.32 Å². The first kappa shape index (κ1) is 14.0. The predicted octanol–water partition coefficient (Wildman–Crippen LogP) is 3.33. The fourth-order valence-electron chi connectivity index (χ4n) is 2.41. The van der Waals surface area contributed by atoms with Crippen molar-refractivity contribution in [3.05, 3.63) is 34.1 Å². The van der Waals surface area contributed by atoms with Crippen LogP contribution in [0.3, 0.4) is 0 Å². The molecular formula is C14H20BrFN2. The molecule has 1 aliphatic heterocycles. The maximum Gasteiger partial charge on any atom is 0.124 e. The van der Waals surface area contributed by atoms with E-state index in [1.807, 2.05) is 6.07 Å². The van der Waals surface area contributed by atoms with Crippen molar-refractivity contribution >= 4 is 15.9 Å².